The van der Waals surface area contributed by atoms with Crippen molar-refractivity contribution in [3.8, 4) is 0 Å². The predicted octanol–water partition coefficient (Wildman–Crippen LogP) is 5.12. The van der Waals surface area contributed by atoms with Gasteiger partial charge >= 0.3 is 0 Å². The van der Waals surface area contributed by atoms with Gasteiger partial charge in [-0.3, -0.25) is 4.79 Å². The van der Waals surface area contributed by atoms with Gasteiger partial charge in [-0.1, -0.05) is 35.9 Å². The molecule has 0 aliphatic carbocycles. The first-order valence-electron chi connectivity index (χ1n) is 9.15. The highest BCUT2D eigenvalue weighted by atomic mass is 16.3. The molecule has 2 heterocycles. The number of nitrogens with one attached hydrogen (secondary N) is 2. The van der Waals surface area contributed by atoms with Crippen molar-refractivity contribution in [2.24, 2.45) is 0 Å². The topological polar surface area (TPSA) is 67.2 Å². The van der Waals surface area contributed by atoms with Gasteiger partial charge in [0, 0.05) is 11.1 Å². The molecule has 0 aliphatic rings. The number of carbonyl (C=O) groups excluding carboxylic acids is 1. The van der Waals surface area contributed by atoms with Crippen molar-refractivity contribution in [2.75, 3.05) is 5.32 Å². The summed E-state index contributed by atoms with van der Waals surface area (Å²) in [5.74, 6) is 1.17. The van der Waals surface area contributed by atoms with Crippen LogP contribution in [0.5, 0.6) is 0 Å². The van der Waals surface area contributed by atoms with Crippen molar-refractivity contribution in [3.05, 3.63) is 89.4 Å². The van der Waals surface area contributed by atoms with Crippen molar-refractivity contribution in [3.63, 3.8) is 0 Å². The summed E-state index contributed by atoms with van der Waals surface area (Å²) in [5.41, 5.74) is 4.63. The summed E-state index contributed by atoms with van der Waals surface area (Å²) in [7, 11) is 0. The minimum Gasteiger partial charge on any atom is -0.467 e. The first kappa shape index (κ1) is 17.8. The first-order chi connectivity index (χ1) is 13.6. The van der Waals surface area contributed by atoms with E-state index < -0.39 is 0 Å². The molecular formula is C23H21N3O2. The van der Waals surface area contributed by atoms with Crippen molar-refractivity contribution < 1.29 is 9.21 Å². The van der Waals surface area contributed by atoms with Crippen LogP contribution in [0.2, 0.25) is 0 Å². The van der Waals surface area contributed by atoms with Crippen LogP contribution in [0.25, 0.3) is 10.9 Å². The Kier molecular flexibility index (Phi) is 4.81. The molecule has 0 unspecified atom stereocenters. The normalized spacial score (nSPS) is 10.8. The Morgan fingerprint density at radius 2 is 1.89 bits per heavy atom. The second-order valence-electron chi connectivity index (χ2n) is 6.78. The third-order valence-electron chi connectivity index (χ3n) is 4.61. The number of hydrogen-bond acceptors (Lipinski definition) is 4. The van der Waals surface area contributed by atoms with Gasteiger partial charge in [0.05, 0.1) is 23.9 Å². The van der Waals surface area contributed by atoms with Crippen LogP contribution in [0, 0.1) is 13.8 Å². The Bertz CT molecular complexity index is 1130. The lowest BCUT2D eigenvalue weighted by atomic mass is 10.1. The van der Waals surface area contributed by atoms with Crippen LogP contribution in [0.4, 0.5) is 11.5 Å². The van der Waals surface area contributed by atoms with E-state index in [1.807, 2.05) is 49.4 Å². The number of nitrogens with zero attached hydrogens (tertiary/aromatic N) is 1. The third-order valence-corrected chi connectivity index (χ3v) is 4.61. The second-order valence-corrected chi connectivity index (χ2v) is 6.78. The predicted molar refractivity (Wildman–Crippen MR) is 111 cm³/mol. The number of amides is 1. The molecule has 4 aromatic rings. The van der Waals surface area contributed by atoms with Crippen LogP contribution >= 0.6 is 0 Å². The Morgan fingerprint density at radius 1 is 1.04 bits per heavy atom. The SMILES string of the molecule is Cc1ccc(Nc2cc(C(=O)NCc3ccco3)c3ccccc3n2)c(C)c1. The van der Waals surface area contributed by atoms with Crippen LogP contribution < -0.4 is 10.6 Å². The standard InChI is InChI=1S/C23H21N3O2/c1-15-9-10-20(16(2)12-15)25-22-13-19(18-7-3-4-8-21(18)26-22)23(27)24-14-17-6-5-11-28-17/h3-13H,14H2,1-2H3,(H,24,27)(H,25,26). The molecular weight excluding hydrogens is 350 g/mol. The summed E-state index contributed by atoms with van der Waals surface area (Å²) in [6, 6.07) is 19.3. The first-order valence-corrected chi connectivity index (χ1v) is 9.15. The molecule has 5 nitrogen and oxygen atoms in total. The highest BCUT2D eigenvalue weighted by Crippen LogP contribution is 2.25. The Labute approximate surface area is 163 Å². The number of fused-ring (bicyclic) bond motifs is 1. The lowest BCUT2D eigenvalue weighted by Gasteiger charge is -2.13. The number of hydrogen-bond donors (Lipinski definition) is 2. The van der Waals surface area contributed by atoms with E-state index in [4.69, 9.17) is 4.42 Å². The quantitative estimate of drug-likeness (QED) is 0.511. The van der Waals surface area contributed by atoms with Crippen LogP contribution in [-0.2, 0) is 6.54 Å². The fourth-order valence-electron chi connectivity index (χ4n) is 3.19. The molecule has 140 valence electrons. The zero-order chi connectivity index (χ0) is 19.5. The number of aromatic nitrogens is 1. The van der Waals surface area contributed by atoms with Gasteiger partial charge in [-0.2, -0.15) is 0 Å². The van der Waals surface area contributed by atoms with Crippen LogP contribution in [0.3, 0.4) is 0 Å². The van der Waals surface area contributed by atoms with Gasteiger partial charge in [-0.05, 0) is 49.7 Å². The number of aryl methyl sites for hydroxylation is 2. The molecule has 0 fully saturated rings. The van der Waals surface area contributed by atoms with Gasteiger partial charge in [-0.25, -0.2) is 4.98 Å². The molecule has 0 aliphatic heterocycles. The lowest BCUT2D eigenvalue weighted by molar-refractivity contribution is 0.0949. The van der Waals surface area contributed by atoms with Crippen LogP contribution in [0.15, 0.2) is 71.3 Å². The highest BCUT2D eigenvalue weighted by molar-refractivity contribution is 6.07. The van der Waals surface area contributed by atoms with E-state index in [-0.39, 0.29) is 5.91 Å². The molecule has 2 N–H and O–H groups in total. The van der Waals surface area contributed by atoms with Crippen molar-refractivity contribution in [2.45, 2.75) is 20.4 Å². The van der Waals surface area contributed by atoms with Crippen molar-refractivity contribution in [1.82, 2.24) is 10.3 Å². The number of para-hydroxylation sites is 1. The smallest absolute Gasteiger partial charge is 0.252 e. The maximum absolute atomic E-state index is 12.9. The average molecular weight is 371 g/mol. The summed E-state index contributed by atoms with van der Waals surface area (Å²) in [6.07, 6.45) is 1.59. The minimum absolute atomic E-state index is 0.168. The molecule has 5 heteroatoms. The monoisotopic (exact) mass is 371 g/mol. The third kappa shape index (κ3) is 3.74. The van der Waals surface area contributed by atoms with Gasteiger partial charge in [0.1, 0.15) is 11.6 Å². The van der Waals surface area contributed by atoms with Gasteiger partial charge in [-0.15, -0.1) is 0 Å². The van der Waals surface area contributed by atoms with E-state index in [0.29, 0.717) is 23.7 Å². The molecule has 1 amide bonds. The summed E-state index contributed by atoms with van der Waals surface area (Å²) in [5, 5.41) is 7.07. The van der Waals surface area contributed by atoms with Gasteiger partial charge in [0.2, 0.25) is 0 Å². The molecule has 0 bridgehead atoms. The number of carbonyl (C=O) groups is 1. The molecule has 0 saturated heterocycles. The number of benzene rings is 2. The summed E-state index contributed by atoms with van der Waals surface area (Å²) in [6.45, 7) is 4.45. The van der Waals surface area contributed by atoms with E-state index in [1.54, 1.807) is 18.4 Å². The number of rotatable bonds is 5. The summed E-state index contributed by atoms with van der Waals surface area (Å²) in [4.78, 5) is 17.5. The second kappa shape index (κ2) is 7.56. The highest BCUT2D eigenvalue weighted by Gasteiger charge is 2.14. The molecule has 28 heavy (non-hydrogen) atoms. The van der Waals surface area contributed by atoms with Gasteiger partial charge < -0.3 is 15.1 Å². The zero-order valence-electron chi connectivity index (χ0n) is 15.8. The number of furan rings is 1. The molecule has 0 spiro atoms. The minimum atomic E-state index is -0.168. The van der Waals surface area contributed by atoms with E-state index in [1.165, 1.54) is 5.56 Å². The fraction of sp³-hybridized carbons (Fsp3) is 0.130. The molecule has 0 atom stereocenters. The van der Waals surface area contributed by atoms with Crippen molar-refractivity contribution in [1.29, 1.82) is 0 Å². The molecule has 0 saturated carbocycles. The molecule has 0 radical (unpaired) electrons. The summed E-state index contributed by atoms with van der Waals surface area (Å²) < 4.78 is 5.29. The van der Waals surface area contributed by atoms with E-state index in [2.05, 4.69) is 28.6 Å². The van der Waals surface area contributed by atoms with Gasteiger partial charge in [0.15, 0.2) is 0 Å². The molecule has 4 rings (SSSR count). The van der Waals surface area contributed by atoms with E-state index in [9.17, 15) is 4.79 Å². The Balaban J connectivity index is 1.67. The van der Waals surface area contributed by atoms with E-state index in [0.717, 1.165) is 22.2 Å². The summed E-state index contributed by atoms with van der Waals surface area (Å²) >= 11 is 0. The van der Waals surface area contributed by atoms with Crippen molar-refractivity contribution >= 4 is 28.3 Å². The average Bonchev–Trinajstić information content (AvgIpc) is 3.21. The van der Waals surface area contributed by atoms with Crippen LogP contribution in [-0.4, -0.2) is 10.9 Å². The molecule has 2 aromatic carbocycles. The maximum Gasteiger partial charge on any atom is 0.252 e. The van der Waals surface area contributed by atoms with Crippen LogP contribution in [0.1, 0.15) is 27.2 Å². The molecule has 2 aromatic heterocycles. The number of pyridine rings is 1. The largest absolute Gasteiger partial charge is 0.467 e. The maximum atomic E-state index is 12.9. The fourth-order valence-corrected chi connectivity index (χ4v) is 3.19. The number of anilines is 2. The van der Waals surface area contributed by atoms with E-state index >= 15 is 0 Å². The Hall–Kier alpha value is -3.60. The zero-order valence-corrected chi connectivity index (χ0v) is 15.8. The van der Waals surface area contributed by atoms with Gasteiger partial charge in [0.25, 0.3) is 5.91 Å². The Morgan fingerprint density at radius 3 is 2.68 bits per heavy atom. The lowest BCUT2D eigenvalue weighted by Crippen LogP contribution is -2.23.